The Morgan fingerprint density at radius 3 is 2.60 bits per heavy atom. The number of nitrogens with zero attached hydrogens (tertiary/aromatic N) is 3. The molecule has 0 atom stereocenters. The number of furan rings is 1. The van der Waals surface area contributed by atoms with Crippen LogP contribution in [0.25, 0.3) is 11.3 Å². The van der Waals surface area contributed by atoms with Crippen molar-refractivity contribution in [2.75, 3.05) is 6.54 Å². The molecule has 4 rings (SSSR count). The van der Waals surface area contributed by atoms with Crippen LogP contribution in [0.15, 0.2) is 45.6 Å². The number of fused-ring (bicyclic) bond motifs is 1. The number of nitrogens with one attached hydrogen (secondary N) is 1. The predicted molar refractivity (Wildman–Crippen MR) is 98.5 cm³/mol. The number of hydrogen-bond acceptors (Lipinski definition) is 6. The van der Waals surface area contributed by atoms with Crippen molar-refractivity contribution in [3.63, 3.8) is 0 Å². The molecule has 1 N–H and O–H groups in total. The lowest BCUT2D eigenvalue weighted by Crippen LogP contribution is -2.36. The molecule has 0 saturated carbocycles. The Morgan fingerprint density at radius 1 is 1.20 bits per heavy atom. The molecule has 0 saturated heterocycles. The summed E-state index contributed by atoms with van der Waals surface area (Å²) in [5, 5.41) is 10.7. The second kappa shape index (κ2) is 7.41. The van der Waals surface area contributed by atoms with E-state index >= 15 is 0 Å². The highest BCUT2D eigenvalue weighted by atomic mass is 19.4. The molecule has 11 heteroatoms. The zero-order valence-electron chi connectivity index (χ0n) is 15.4. The number of benzene rings is 1. The fourth-order valence-corrected chi connectivity index (χ4v) is 3.34. The Balaban J connectivity index is 1.48. The molecule has 30 heavy (non-hydrogen) atoms. The maximum absolute atomic E-state index is 12.8. The minimum atomic E-state index is -4.70. The van der Waals surface area contributed by atoms with Crippen LogP contribution in [0.2, 0.25) is 0 Å². The molecule has 3 heterocycles. The summed E-state index contributed by atoms with van der Waals surface area (Å²) in [5.41, 5.74) is 0.244. The Bertz CT molecular complexity index is 1150. The molecule has 156 valence electrons. The highest BCUT2D eigenvalue weighted by Gasteiger charge is 2.36. The molecular formula is C19H15F3N4O4. The highest BCUT2D eigenvalue weighted by Crippen LogP contribution is 2.28. The average molecular weight is 420 g/mol. The molecule has 0 amide bonds. The SMILES string of the molecule is O=c1[nH]c(C(F)(F)F)nc2c1CN(Cc1ccc(-c3ccc([N+](=O)[O-])cc3)o1)CC2. The van der Waals surface area contributed by atoms with Crippen LogP contribution in [0.5, 0.6) is 0 Å². The van der Waals surface area contributed by atoms with E-state index in [0.29, 0.717) is 30.2 Å². The van der Waals surface area contributed by atoms with Crippen molar-refractivity contribution in [2.45, 2.75) is 25.7 Å². The third kappa shape index (κ3) is 3.96. The maximum atomic E-state index is 12.8. The van der Waals surface area contributed by atoms with Gasteiger partial charge in [-0.2, -0.15) is 13.2 Å². The van der Waals surface area contributed by atoms with Gasteiger partial charge in [-0.1, -0.05) is 0 Å². The first-order chi connectivity index (χ1) is 14.2. The summed E-state index contributed by atoms with van der Waals surface area (Å²) in [4.78, 5) is 29.6. The van der Waals surface area contributed by atoms with Crippen molar-refractivity contribution in [1.82, 2.24) is 14.9 Å². The van der Waals surface area contributed by atoms with Gasteiger partial charge < -0.3 is 9.40 Å². The van der Waals surface area contributed by atoms with Crippen LogP contribution in [0, 0.1) is 10.1 Å². The topological polar surface area (TPSA) is 105 Å². The van der Waals surface area contributed by atoms with Gasteiger partial charge in [-0.25, -0.2) is 4.98 Å². The standard InChI is InChI=1S/C19H15F3N4O4/c20-19(21,22)18-23-15-7-8-25(10-14(15)17(27)24-18)9-13-5-6-16(30-13)11-1-3-12(4-2-11)26(28)29/h1-6H,7-10H2,(H,23,24,27). The van der Waals surface area contributed by atoms with Crippen LogP contribution >= 0.6 is 0 Å². The van der Waals surface area contributed by atoms with E-state index in [9.17, 15) is 28.1 Å². The van der Waals surface area contributed by atoms with Crippen LogP contribution in [0.1, 0.15) is 22.8 Å². The third-order valence-electron chi connectivity index (χ3n) is 4.82. The summed E-state index contributed by atoms with van der Waals surface area (Å²) in [7, 11) is 0. The van der Waals surface area contributed by atoms with E-state index in [-0.39, 0.29) is 29.9 Å². The minimum Gasteiger partial charge on any atom is -0.460 e. The van der Waals surface area contributed by atoms with E-state index in [1.807, 2.05) is 9.88 Å². The first-order valence-corrected chi connectivity index (χ1v) is 8.96. The zero-order valence-corrected chi connectivity index (χ0v) is 15.4. The summed E-state index contributed by atoms with van der Waals surface area (Å²) >= 11 is 0. The van der Waals surface area contributed by atoms with Gasteiger partial charge in [-0.05, 0) is 24.3 Å². The molecule has 1 aliphatic rings. The summed E-state index contributed by atoms with van der Waals surface area (Å²) in [5.74, 6) is -0.145. The number of halogens is 3. The molecule has 8 nitrogen and oxygen atoms in total. The van der Waals surface area contributed by atoms with Crippen molar-refractivity contribution < 1.29 is 22.5 Å². The Kier molecular flexibility index (Phi) is 4.90. The number of aromatic amines is 1. The minimum absolute atomic E-state index is 0.0231. The van der Waals surface area contributed by atoms with Gasteiger partial charge in [0.25, 0.3) is 11.2 Å². The van der Waals surface area contributed by atoms with Gasteiger partial charge in [0, 0.05) is 37.2 Å². The molecule has 0 unspecified atom stereocenters. The van der Waals surface area contributed by atoms with Crippen LogP contribution in [-0.2, 0) is 25.7 Å². The number of non-ortho nitro benzene ring substituents is 1. The van der Waals surface area contributed by atoms with Gasteiger partial charge in [0.05, 0.1) is 22.7 Å². The van der Waals surface area contributed by atoms with Crippen LogP contribution in [0.4, 0.5) is 18.9 Å². The molecular weight excluding hydrogens is 405 g/mol. The van der Waals surface area contributed by atoms with Crippen LogP contribution in [-0.4, -0.2) is 26.3 Å². The van der Waals surface area contributed by atoms with E-state index in [1.165, 1.54) is 12.1 Å². The fourth-order valence-electron chi connectivity index (χ4n) is 3.34. The summed E-state index contributed by atoms with van der Waals surface area (Å²) < 4.78 is 44.2. The van der Waals surface area contributed by atoms with E-state index < -0.39 is 22.5 Å². The number of nitro groups is 1. The van der Waals surface area contributed by atoms with E-state index in [1.54, 1.807) is 24.3 Å². The van der Waals surface area contributed by atoms with E-state index in [2.05, 4.69) is 4.98 Å². The van der Waals surface area contributed by atoms with Gasteiger partial charge in [0.1, 0.15) is 11.5 Å². The number of alkyl halides is 3. The summed E-state index contributed by atoms with van der Waals surface area (Å²) in [6.07, 6.45) is -4.48. The number of hydrogen-bond donors (Lipinski definition) is 1. The second-order valence-corrected chi connectivity index (χ2v) is 6.87. The summed E-state index contributed by atoms with van der Waals surface area (Å²) in [6.45, 7) is 0.935. The average Bonchev–Trinajstić information content (AvgIpc) is 3.16. The predicted octanol–water partition coefficient (Wildman–Crippen LogP) is 3.52. The van der Waals surface area contributed by atoms with Gasteiger partial charge in [0.15, 0.2) is 0 Å². The number of rotatable bonds is 4. The number of H-pyrrole nitrogens is 1. The molecule has 0 bridgehead atoms. The molecule has 0 fully saturated rings. The molecule has 1 aromatic carbocycles. The van der Waals surface area contributed by atoms with Gasteiger partial charge in [-0.15, -0.1) is 0 Å². The number of aromatic nitrogens is 2. The lowest BCUT2D eigenvalue weighted by Gasteiger charge is -2.27. The quantitative estimate of drug-likeness (QED) is 0.512. The number of nitro benzene ring substituents is 1. The van der Waals surface area contributed by atoms with Crippen LogP contribution < -0.4 is 5.56 Å². The Morgan fingerprint density at radius 2 is 1.93 bits per heavy atom. The highest BCUT2D eigenvalue weighted by molar-refractivity contribution is 5.59. The first-order valence-electron chi connectivity index (χ1n) is 8.96. The van der Waals surface area contributed by atoms with Crippen molar-refractivity contribution in [3.8, 4) is 11.3 Å². The molecule has 0 radical (unpaired) electrons. The van der Waals surface area contributed by atoms with Gasteiger partial charge in [0.2, 0.25) is 5.82 Å². The molecule has 3 aromatic rings. The fraction of sp³-hybridized carbons (Fsp3) is 0.263. The van der Waals surface area contributed by atoms with Gasteiger partial charge in [-0.3, -0.25) is 19.8 Å². The van der Waals surface area contributed by atoms with Crippen molar-refractivity contribution >= 4 is 5.69 Å². The maximum Gasteiger partial charge on any atom is 0.449 e. The molecule has 0 aliphatic carbocycles. The largest absolute Gasteiger partial charge is 0.460 e. The third-order valence-corrected chi connectivity index (χ3v) is 4.82. The molecule has 0 spiro atoms. The van der Waals surface area contributed by atoms with Crippen molar-refractivity contribution in [2.24, 2.45) is 0 Å². The molecule has 1 aliphatic heterocycles. The van der Waals surface area contributed by atoms with Crippen LogP contribution in [0.3, 0.4) is 0 Å². The van der Waals surface area contributed by atoms with Crippen molar-refractivity contribution in [3.05, 3.63) is 79.7 Å². The summed E-state index contributed by atoms with van der Waals surface area (Å²) in [6, 6.07) is 9.42. The molecule has 2 aromatic heterocycles. The smallest absolute Gasteiger partial charge is 0.449 e. The normalized spacial score (nSPS) is 14.5. The lowest BCUT2D eigenvalue weighted by atomic mass is 10.1. The van der Waals surface area contributed by atoms with E-state index in [4.69, 9.17) is 4.42 Å². The van der Waals surface area contributed by atoms with Crippen molar-refractivity contribution in [1.29, 1.82) is 0 Å². The second-order valence-electron chi connectivity index (χ2n) is 6.87. The Hall–Kier alpha value is -3.47. The zero-order chi connectivity index (χ0) is 21.5. The monoisotopic (exact) mass is 420 g/mol. The first kappa shape index (κ1) is 19.8. The lowest BCUT2D eigenvalue weighted by molar-refractivity contribution is -0.384. The van der Waals surface area contributed by atoms with E-state index in [0.717, 1.165) is 0 Å². The van der Waals surface area contributed by atoms with Gasteiger partial charge >= 0.3 is 6.18 Å². The Labute approximate surface area is 167 Å².